The summed E-state index contributed by atoms with van der Waals surface area (Å²) in [5.74, 6) is 0. The Labute approximate surface area is 81.4 Å². The average Bonchev–Trinajstić information content (AvgIpc) is 1.50. The fraction of sp³-hybridized carbons (Fsp3) is 0. The first-order chi connectivity index (χ1) is 2.00. The predicted molar refractivity (Wildman–Crippen MR) is 25.4 cm³/mol. The third-order valence-electron chi connectivity index (χ3n) is 0. The van der Waals surface area contributed by atoms with Crippen LogP contribution in [0.1, 0.15) is 2.85 Å². The SMILES string of the molecule is [H-].[H-].[Mg+2].[Mg+2].[O-]Cl.[O-]Cl. The van der Waals surface area contributed by atoms with Gasteiger partial charge < -0.3 is 12.2 Å². The monoisotopic (exact) mass is 152 g/mol. The first-order valence-corrected chi connectivity index (χ1v) is 0.926. The van der Waals surface area contributed by atoms with Gasteiger partial charge in [0.1, 0.15) is 0 Å². The van der Waals surface area contributed by atoms with E-state index in [0.29, 0.717) is 0 Å². The Hall–Kier alpha value is 2.03. The van der Waals surface area contributed by atoms with Crippen molar-refractivity contribution in [3.63, 3.8) is 0 Å². The molecule has 0 bridgehead atoms. The minimum absolute atomic E-state index is 0. The molecule has 6 heteroatoms. The third kappa shape index (κ3) is 37.0. The number of hydrogen-bond acceptors (Lipinski definition) is 2. The molecule has 0 aromatic rings. The van der Waals surface area contributed by atoms with Gasteiger partial charge in [-0.2, -0.15) is 0 Å². The van der Waals surface area contributed by atoms with Crippen LogP contribution in [0, 0.1) is 0 Å². The molecule has 0 heterocycles. The molecule has 32 valence electrons. The van der Waals surface area contributed by atoms with E-state index >= 15 is 0 Å². The molecule has 0 aromatic heterocycles. The maximum absolute atomic E-state index is 7.72. The van der Waals surface area contributed by atoms with Crippen molar-refractivity contribution in [2.45, 2.75) is 0 Å². The smallest absolute Gasteiger partial charge is 1.00 e. The van der Waals surface area contributed by atoms with Crippen molar-refractivity contribution in [1.29, 1.82) is 0 Å². The van der Waals surface area contributed by atoms with Crippen LogP contribution in [0.4, 0.5) is 0 Å². The van der Waals surface area contributed by atoms with Crippen LogP contribution in [0.5, 0.6) is 0 Å². The van der Waals surface area contributed by atoms with Crippen LogP contribution in [0.2, 0.25) is 0 Å². The van der Waals surface area contributed by atoms with Gasteiger partial charge in [-0.15, -0.1) is 0 Å². The van der Waals surface area contributed by atoms with Crippen LogP contribution in [0.3, 0.4) is 0 Å². The molecule has 0 radical (unpaired) electrons. The summed E-state index contributed by atoms with van der Waals surface area (Å²) < 4.78 is 15.4. The molecule has 0 saturated carbocycles. The zero-order valence-electron chi connectivity index (χ0n) is 4.99. The van der Waals surface area contributed by atoms with Crippen molar-refractivity contribution >= 4 is 69.8 Å². The first-order valence-electron chi connectivity index (χ1n) is 0.309. The number of rotatable bonds is 0. The van der Waals surface area contributed by atoms with E-state index in [0.717, 1.165) is 0 Å². The largest absolute Gasteiger partial charge is 2.00 e. The zero-order valence-corrected chi connectivity index (χ0v) is 7.33. The number of hydrogen-bond donors (Lipinski definition) is 0. The average molecular weight is 154 g/mol. The van der Waals surface area contributed by atoms with Gasteiger partial charge in [0, 0.05) is 0 Å². The van der Waals surface area contributed by atoms with Crippen molar-refractivity contribution in [2.24, 2.45) is 0 Å². The Kier molecular flexibility index (Phi) is 252. The predicted octanol–water partition coefficient (Wildman–Crippen LogP) is -1.54. The van der Waals surface area contributed by atoms with E-state index in [1.807, 2.05) is 0 Å². The Bertz CT molecular complexity index is 16.0. The van der Waals surface area contributed by atoms with Gasteiger partial charge >= 0.3 is 46.1 Å². The van der Waals surface area contributed by atoms with E-state index in [1.165, 1.54) is 0 Å². The van der Waals surface area contributed by atoms with Gasteiger partial charge in [-0.1, -0.05) is 0 Å². The van der Waals surface area contributed by atoms with E-state index in [4.69, 9.17) is 9.32 Å². The second-order valence-corrected chi connectivity index (χ2v) is 0. The van der Waals surface area contributed by atoms with Gasteiger partial charge in [0.2, 0.25) is 0 Å². The molecule has 0 fully saturated rings. The molecule has 0 rings (SSSR count). The van der Waals surface area contributed by atoms with Crippen molar-refractivity contribution in [3.8, 4) is 0 Å². The van der Waals surface area contributed by atoms with Crippen LogP contribution in [0.15, 0.2) is 0 Å². The summed E-state index contributed by atoms with van der Waals surface area (Å²) in [5.41, 5.74) is 0. The fourth-order valence-electron chi connectivity index (χ4n) is 0. The van der Waals surface area contributed by atoms with Crippen LogP contribution in [-0.2, 0) is 0 Å². The summed E-state index contributed by atoms with van der Waals surface area (Å²) in [6, 6.07) is 0. The zero-order chi connectivity index (χ0) is 4.00. The molecule has 2 nitrogen and oxygen atoms in total. The Morgan fingerprint density at radius 3 is 0.833 bits per heavy atom. The van der Waals surface area contributed by atoms with Crippen molar-refractivity contribution in [3.05, 3.63) is 0 Å². The molecule has 6 heavy (non-hydrogen) atoms. The molecule has 0 aliphatic carbocycles. The molecule has 0 aliphatic heterocycles. The Balaban J connectivity index is -0.00000000167. The molecule has 0 aliphatic rings. The van der Waals surface area contributed by atoms with E-state index < -0.39 is 0 Å². The number of halogens is 2. The Morgan fingerprint density at radius 2 is 0.833 bits per heavy atom. The maximum atomic E-state index is 7.72. The summed E-state index contributed by atoms with van der Waals surface area (Å²) in [7, 11) is 0. The van der Waals surface area contributed by atoms with E-state index in [2.05, 4.69) is 23.7 Å². The molecule has 0 N–H and O–H groups in total. The minimum atomic E-state index is 0. The summed E-state index contributed by atoms with van der Waals surface area (Å²) in [6.45, 7) is 0. The molecular formula is H2Cl2Mg2O2. The molecule has 0 atom stereocenters. The third-order valence-corrected chi connectivity index (χ3v) is 0. The summed E-state index contributed by atoms with van der Waals surface area (Å²) in [4.78, 5) is 0. The quantitative estimate of drug-likeness (QED) is 0.396. The molecule has 0 unspecified atom stereocenters. The van der Waals surface area contributed by atoms with Crippen LogP contribution in [-0.4, -0.2) is 46.1 Å². The Morgan fingerprint density at radius 1 is 0.833 bits per heavy atom. The molecule has 0 aromatic carbocycles. The van der Waals surface area contributed by atoms with Gasteiger partial charge in [-0.05, 0) is 0 Å². The standard InChI is InChI=1S/2ClO.2Mg.2H/c2*1-2;;;;/q2*-1;2*+2;2*-1. The van der Waals surface area contributed by atoms with Gasteiger partial charge in [-0.25, -0.2) is 23.7 Å². The van der Waals surface area contributed by atoms with Crippen LogP contribution in [0.25, 0.3) is 0 Å². The molecular weight excluding hydrogens is 152 g/mol. The van der Waals surface area contributed by atoms with Gasteiger partial charge in [0.15, 0.2) is 0 Å². The normalized spacial score (nSPS) is 2.00. The van der Waals surface area contributed by atoms with E-state index in [1.54, 1.807) is 0 Å². The molecule has 0 amide bonds. The first kappa shape index (κ1) is 24.4. The maximum Gasteiger partial charge on any atom is 2.00 e. The van der Waals surface area contributed by atoms with E-state index in [-0.39, 0.29) is 49.0 Å². The second-order valence-electron chi connectivity index (χ2n) is 0. The van der Waals surface area contributed by atoms with Gasteiger partial charge in [0.25, 0.3) is 0 Å². The minimum Gasteiger partial charge on any atom is -1.00 e. The van der Waals surface area contributed by atoms with Crippen molar-refractivity contribution in [2.75, 3.05) is 0 Å². The molecule has 0 spiro atoms. The van der Waals surface area contributed by atoms with Gasteiger partial charge in [-0.3, -0.25) is 0 Å². The summed E-state index contributed by atoms with van der Waals surface area (Å²) >= 11 is 6.78. The van der Waals surface area contributed by atoms with Crippen LogP contribution >= 0.6 is 23.7 Å². The van der Waals surface area contributed by atoms with Gasteiger partial charge in [0.05, 0.1) is 0 Å². The van der Waals surface area contributed by atoms with Crippen molar-refractivity contribution in [1.82, 2.24) is 0 Å². The second kappa shape index (κ2) is 62.0. The summed E-state index contributed by atoms with van der Waals surface area (Å²) in [6.07, 6.45) is 0. The van der Waals surface area contributed by atoms with Crippen molar-refractivity contribution < 1.29 is 12.2 Å². The van der Waals surface area contributed by atoms with Crippen LogP contribution < -0.4 is 9.32 Å². The van der Waals surface area contributed by atoms with E-state index in [9.17, 15) is 0 Å². The fourth-order valence-corrected chi connectivity index (χ4v) is 0. The topological polar surface area (TPSA) is 46.1 Å². The summed E-state index contributed by atoms with van der Waals surface area (Å²) in [5, 5.41) is 0. The molecule has 0 saturated heterocycles.